The molecule has 0 heterocycles. The van der Waals surface area contributed by atoms with E-state index in [1.54, 1.807) is 54.6 Å². The molecule has 0 saturated carbocycles. The Morgan fingerprint density at radius 1 is 1.09 bits per heavy atom. The van der Waals surface area contributed by atoms with Gasteiger partial charge < -0.3 is 17.6 Å². The third-order valence-electron chi connectivity index (χ3n) is 3.11. The van der Waals surface area contributed by atoms with Gasteiger partial charge in [0, 0.05) is 11.3 Å². The van der Waals surface area contributed by atoms with Crippen LogP contribution in [0.1, 0.15) is 18.5 Å². The van der Waals surface area contributed by atoms with Crippen LogP contribution in [0.4, 0.5) is 5.69 Å². The van der Waals surface area contributed by atoms with Gasteiger partial charge in [-0.3, -0.25) is 15.0 Å². The first-order valence-corrected chi connectivity index (χ1v) is 6.52. The minimum Gasteiger partial charge on any atom is -1.00 e. The van der Waals surface area contributed by atoms with Crippen molar-refractivity contribution >= 4 is 23.4 Å². The topological polar surface area (TPSA) is 116 Å². The summed E-state index contributed by atoms with van der Waals surface area (Å²) in [5.41, 5.74) is 6.72. The number of carboxylic acid groups (broad SMARTS) is 1. The number of hydrogen-bond donors (Lipinski definition) is 4. The van der Waals surface area contributed by atoms with E-state index in [0.29, 0.717) is 16.8 Å². The predicted molar refractivity (Wildman–Crippen MR) is 84.0 cm³/mol. The first-order valence-electron chi connectivity index (χ1n) is 6.52. The van der Waals surface area contributed by atoms with Gasteiger partial charge in [0.25, 0.3) is 0 Å². The summed E-state index contributed by atoms with van der Waals surface area (Å²) < 4.78 is 0. The number of nitrogens with two attached hydrogens (primary N) is 1. The molecule has 5 N–H and O–H groups in total. The van der Waals surface area contributed by atoms with Crippen molar-refractivity contribution in [3.05, 3.63) is 65.7 Å². The Morgan fingerprint density at radius 2 is 1.65 bits per heavy atom. The Labute approximate surface area is 157 Å². The number of rotatable bonds is 5. The fourth-order valence-electron chi connectivity index (χ4n) is 2.00. The van der Waals surface area contributed by atoms with Crippen LogP contribution in [0.3, 0.4) is 0 Å². The van der Waals surface area contributed by atoms with E-state index < -0.39 is 17.8 Å². The fourth-order valence-corrected chi connectivity index (χ4v) is 2.00. The fraction of sp³-hybridized carbons (Fsp3) is 0.0625. The van der Waals surface area contributed by atoms with Crippen molar-refractivity contribution in [3.63, 3.8) is 0 Å². The van der Waals surface area contributed by atoms with Crippen molar-refractivity contribution < 1.29 is 45.7 Å². The average molecular weight is 321 g/mol. The van der Waals surface area contributed by atoms with Crippen molar-refractivity contribution in [2.24, 2.45) is 5.73 Å². The molecule has 1 amide bonds. The Balaban J connectivity index is 0.00000264. The number of aliphatic carboxylic acids is 1. The standard InChI is InChI=1S/C16H15N3O3.Na.H/c17-14(18)11-6-8-12(9-7-11)19-15(20)13(16(21)22)10-4-2-1-3-5-10;;/h1-9,13H,(H3,17,18)(H,19,20)(H,21,22);;/q;+1;-1. The molecular formula is C16H16N3NaO3. The summed E-state index contributed by atoms with van der Waals surface area (Å²) in [6, 6.07) is 14.6. The third-order valence-corrected chi connectivity index (χ3v) is 3.11. The molecule has 6 nitrogen and oxygen atoms in total. The summed E-state index contributed by atoms with van der Waals surface area (Å²) in [5, 5.41) is 19.1. The second-order valence-corrected chi connectivity index (χ2v) is 4.66. The second-order valence-electron chi connectivity index (χ2n) is 4.66. The van der Waals surface area contributed by atoms with Crippen molar-refractivity contribution in [3.8, 4) is 0 Å². The summed E-state index contributed by atoms with van der Waals surface area (Å²) in [6.07, 6.45) is 0. The van der Waals surface area contributed by atoms with Crippen LogP contribution < -0.4 is 40.6 Å². The zero-order chi connectivity index (χ0) is 16.1. The van der Waals surface area contributed by atoms with Crippen molar-refractivity contribution in [2.75, 3.05) is 5.32 Å². The monoisotopic (exact) mass is 321 g/mol. The van der Waals surface area contributed by atoms with Gasteiger partial charge in [-0.1, -0.05) is 30.3 Å². The Bertz CT molecular complexity index is 708. The molecule has 1 atom stereocenters. The number of carbonyl (C=O) groups is 2. The molecular weight excluding hydrogens is 305 g/mol. The molecule has 0 aliphatic carbocycles. The molecule has 23 heavy (non-hydrogen) atoms. The van der Waals surface area contributed by atoms with E-state index in [1.165, 1.54) is 0 Å². The first-order chi connectivity index (χ1) is 10.5. The number of hydrogen-bond acceptors (Lipinski definition) is 3. The van der Waals surface area contributed by atoms with E-state index in [-0.39, 0.29) is 36.8 Å². The first kappa shape index (κ1) is 18.9. The zero-order valence-electron chi connectivity index (χ0n) is 13.6. The molecule has 2 aromatic rings. The van der Waals surface area contributed by atoms with Gasteiger partial charge in [0.05, 0.1) is 0 Å². The number of carbonyl (C=O) groups excluding carboxylic acids is 1. The van der Waals surface area contributed by atoms with Gasteiger partial charge in [-0.15, -0.1) is 0 Å². The van der Waals surface area contributed by atoms with Gasteiger partial charge in [0.1, 0.15) is 5.84 Å². The molecule has 0 aromatic heterocycles. The number of amides is 1. The third kappa shape index (κ3) is 4.92. The summed E-state index contributed by atoms with van der Waals surface area (Å²) in [7, 11) is 0. The average Bonchev–Trinajstić information content (AvgIpc) is 2.48. The number of nitrogens with one attached hydrogen (secondary N) is 2. The summed E-state index contributed by atoms with van der Waals surface area (Å²) in [4.78, 5) is 23.6. The van der Waals surface area contributed by atoms with Crippen LogP contribution in [0.2, 0.25) is 0 Å². The van der Waals surface area contributed by atoms with Crippen LogP contribution in [0.5, 0.6) is 0 Å². The van der Waals surface area contributed by atoms with E-state index in [0.717, 1.165) is 0 Å². The van der Waals surface area contributed by atoms with Crippen LogP contribution in [0, 0.1) is 5.41 Å². The second kappa shape index (κ2) is 8.47. The van der Waals surface area contributed by atoms with E-state index in [1.807, 2.05) is 0 Å². The molecule has 2 rings (SSSR count). The summed E-state index contributed by atoms with van der Waals surface area (Å²) >= 11 is 0. The van der Waals surface area contributed by atoms with Crippen LogP contribution in [0.15, 0.2) is 54.6 Å². The number of nitrogen functional groups attached to an aromatic ring is 1. The Hall–Kier alpha value is -2.15. The van der Waals surface area contributed by atoms with Crippen molar-refractivity contribution in [2.45, 2.75) is 5.92 Å². The van der Waals surface area contributed by atoms with Crippen LogP contribution in [-0.2, 0) is 9.59 Å². The van der Waals surface area contributed by atoms with E-state index in [4.69, 9.17) is 11.1 Å². The molecule has 0 aliphatic heterocycles. The van der Waals surface area contributed by atoms with Gasteiger partial charge in [-0.25, -0.2) is 0 Å². The minimum absolute atomic E-state index is 0. The number of amidine groups is 1. The number of carboxylic acids is 1. The van der Waals surface area contributed by atoms with Crippen LogP contribution in [0.25, 0.3) is 0 Å². The zero-order valence-corrected chi connectivity index (χ0v) is 14.6. The number of anilines is 1. The van der Waals surface area contributed by atoms with E-state index in [2.05, 4.69) is 5.32 Å². The van der Waals surface area contributed by atoms with Gasteiger partial charge >= 0.3 is 35.5 Å². The Morgan fingerprint density at radius 3 is 2.13 bits per heavy atom. The molecule has 0 bridgehead atoms. The largest absolute Gasteiger partial charge is 1.00 e. The summed E-state index contributed by atoms with van der Waals surface area (Å²) in [6.45, 7) is 0. The van der Waals surface area contributed by atoms with Crippen molar-refractivity contribution in [1.29, 1.82) is 5.41 Å². The van der Waals surface area contributed by atoms with Gasteiger partial charge in [-0.2, -0.15) is 0 Å². The molecule has 114 valence electrons. The van der Waals surface area contributed by atoms with Gasteiger partial charge in [-0.05, 0) is 29.8 Å². The predicted octanol–water partition coefficient (Wildman–Crippen LogP) is -1.11. The molecule has 0 spiro atoms. The van der Waals surface area contributed by atoms with E-state index in [9.17, 15) is 14.7 Å². The SMILES string of the molecule is N=C(N)c1ccc(NC(=O)C(C(=O)O)c2ccccc2)cc1.[H-].[Na+]. The maximum Gasteiger partial charge on any atom is 1.00 e. The van der Waals surface area contributed by atoms with Gasteiger partial charge in [0.2, 0.25) is 5.91 Å². The molecule has 7 heteroatoms. The maximum absolute atomic E-state index is 12.2. The van der Waals surface area contributed by atoms with Crippen molar-refractivity contribution in [1.82, 2.24) is 0 Å². The molecule has 0 fully saturated rings. The molecule has 2 aromatic carbocycles. The van der Waals surface area contributed by atoms with Crippen LogP contribution >= 0.6 is 0 Å². The molecule has 0 aliphatic rings. The minimum atomic E-state index is -1.28. The molecule has 0 saturated heterocycles. The van der Waals surface area contributed by atoms with Gasteiger partial charge in [0.15, 0.2) is 5.92 Å². The Kier molecular flexibility index (Phi) is 6.96. The van der Waals surface area contributed by atoms with Crippen LogP contribution in [-0.4, -0.2) is 22.8 Å². The van der Waals surface area contributed by atoms with E-state index >= 15 is 0 Å². The molecule has 1 unspecified atom stereocenters. The smallest absolute Gasteiger partial charge is 1.00 e. The number of benzene rings is 2. The molecule has 0 radical (unpaired) electrons. The quantitative estimate of drug-likeness (QED) is 0.242. The normalized spacial score (nSPS) is 11.0. The maximum atomic E-state index is 12.2. The summed E-state index contributed by atoms with van der Waals surface area (Å²) in [5.74, 6) is -3.21.